The standard InChI is InChI=1S/C26H31N2O9PS/c1-4-34-23(31)16(2)15-38(33,37-19-11-7-9-17-8-5-6-10-18(17)19)35-14-20-22(30)26(3,32)24(36-20)28-13-12-21(29)27-25(28)39/h5-13,16,20,22,24,30,32H,4,14-15H2,1-3H3,(H,27,29,39)/t16-,20-,22+,24-,26?,38-/m1/s1. The summed E-state index contributed by atoms with van der Waals surface area (Å²) in [5.41, 5.74) is -2.28. The molecule has 0 radical (unpaired) electrons. The fourth-order valence-electron chi connectivity index (χ4n) is 4.41. The van der Waals surface area contributed by atoms with E-state index < -0.39 is 55.7 Å². The molecule has 0 spiro atoms. The molecule has 3 aromatic rings. The van der Waals surface area contributed by atoms with Crippen LogP contribution < -0.4 is 10.1 Å². The van der Waals surface area contributed by atoms with Gasteiger partial charge in [-0.05, 0) is 37.5 Å². The minimum absolute atomic E-state index is 0.0187. The first-order chi connectivity index (χ1) is 18.4. The van der Waals surface area contributed by atoms with Crippen LogP contribution in [0.1, 0.15) is 27.0 Å². The molecule has 0 saturated carbocycles. The molecule has 210 valence electrons. The predicted octanol–water partition coefficient (Wildman–Crippen LogP) is 3.56. The summed E-state index contributed by atoms with van der Waals surface area (Å²) >= 11 is 5.18. The smallest absolute Gasteiger partial charge is 0.380 e. The second-order valence-electron chi connectivity index (χ2n) is 9.53. The van der Waals surface area contributed by atoms with Crippen molar-refractivity contribution in [3.05, 3.63) is 69.9 Å². The zero-order chi connectivity index (χ0) is 28.4. The van der Waals surface area contributed by atoms with Crippen LogP contribution in [-0.4, -0.2) is 62.9 Å². The van der Waals surface area contributed by atoms with E-state index in [9.17, 15) is 24.4 Å². The van der Waals surface area contributed by atoms with Gasteiger partial charge in [0.05, 0.1) is 25.3 Å². The van der Waals surface area contributed by atoms with E-state index in [0.717, 1.165) is 5.39 Å². The quantitative estimate of drug-likeness (QED) is 0.185. The van der Waals surface area contributed by atoms with E-state index in [2.05, 4.69) is 4.98 Å². The zero-order valence-corrected chi connectivity index (χ0v) is 23.4. The number of aromatic nitrogens is 2. The number of aromatic amines is 1. The Kier molecular flexibility index (Phi) is 8.75. The SMILES string of the molecule is CCOC(=O)[C@H](C)C[P@@](=O)(OC[C@H]1O[C@@H](n2ccc(=O)[nH]c2=S)C(C)(O)[C@H]1O)Oc1cccc2ccccc12. The van der Waals surface area contributed by atoms with Crippen LogP contribution in [0.15, 0.2) is 59.5 Å². The number of fused-ring (bicyclic) bond motifs is 1. The number of rotatable bonds is 10. The molecule has 1 saturated heterocycles. The molecule has 13 heteroatoms. The number of aliphatic hydroxyl groups excluding tert-OH is 1. The van der Waals surface area contributed by atoms with E-state index in [1.165, 1.54) is 23.8 Å². The van der Waals surface area contributed by atoms with E-state index >= 15 is 0 Å². The molecule has 1 aliphatic rings. The number of benzene rings is 2. The topological polar surface area (TPSA) is 149 Å². The van der Waals surface area contributed by atoms with Gasteiger partial charge in [-0.1, -0.05) is 43.3 Å². The number of hydrogen-bond acceptors (Lipinski definition) is 10. The highest BCUT2D eigenvalue weighted by Crippen LogP contribution is 2.52. The fourth-order valence-corrected chi connectivity index (χ4v) is 6.56. The van der Waals surface area contributed by atoms with Crippen LogP contribution >= 0.6 is 19.8 Å². The van der Waals surface area contributed by atoms with Crippen molar-refractivity contribution in [3.8, 4) is 5.75 Å². The molecule has 0 bridgehead atoms. The van der Waals surface area contributed by atoms with Crippen molar-refractivity contribution in [1.29, 1.82) is 0 Å². The molecule has 2 heterocycles. The number of ether oxygens (including phenoxy) is 2. The Morgan fingerprint density at radius 1 is 1.26 bits per heavy atom. The summed E-state index contributed by atoms with van der Waals surface area (Å²) in [5, 5.41) is 23.5. The summed E-state index contributed by atoms with van der Waals surface area (Å²) in [4.78, 5) is 26.4. The largest absolute Gasteiger partial charge is 0.466 e. The number of esters is 1. The van der Waals surface area contributed by atoms with Gasteiger partial charge >= 0.3 is 13.6 Å². The highest BCUT2D eigenvalue weighted by atomic mass is 32.1. The zero-order valence-electron chi connectivity index (χ0n) is 21.7. The first-order valence-electron chi connectivity index (χ1n) is 12.4. The van der Waals surface area contributed by atoms with Crippen LogP contribution in [-0.2, 0) is 23.4 Å². The number of carbonyl (C=O) groups is 1. The van der Waals surface area contributed by atoms with Crippen LogP contribution in [0.4, 0.5) is 0 Å². The average Bonchev–Trinajstić information content (AvgIpc) is 3.11. The monoisotopic (exact) mass is 578 g/mol. The van der Waals surface area contributed by atoms with Gasteiger partial charge in [-0.2, -0.15) is 0 Å². The van der Waals surface area contributed by atoms with Gasteiger partial charge in [-0.3, -0.25) is 23.7 Å². The van der Waals surface area contributed by atoms with Gasteiger partial charge in [-0.25, -0.2) is 4.57 Å². The number of nitrogens with one attached hydrogen (secondary N) is 1. The maximum Gasteiger partial charge on any atom is 0.380 e. The lowest BCUT2D eigenvalue weighted by atomic mass is 9.96. The van der Waals surface area contributed by atoms with Gasteiger partial charge in [0.25, 0.3) is 5.56 Å². The van der Waals surface area contributed by atoms with Crippen LogP contribution in [0.3, 0.4) is 0 Å². The first-order valence-corrected chi connectivity index (χ1v) is 14.5. The van der Waals surface area contributed by atoms with Gasteiger partial charge in [0, 0.05) is 17.6 Å². The highest BCUT2D eigenvalue weighted by Gasteiger charge is 2.53. The number of aliphatic hydroxyl groups is 2. The number of hydrogen-bond donors (Lipinski definition) is 3. The minimum Gasteiger partial charge on any atom is -0.466 e. The highest BCUT2D eigenvalue weighted by molar-refractivity contribution is 7.71. The van der Waals surface area contributed by atoms with Crippen molar-refractivity contribution in [3.63, 3.8) is 0 Å². The minimum atomic E-state index is -4.06. The molecule has 0 amide bonds. The Bertz CT molecular complexity index is 1500. The number of H-pyrrole nitrogens is 1. The van der Waals surface area contributed by atoms with Gasteiger partial charge in [-0.15, -0.1) is 0 Å². The van der Waals surface area contributed by atoms with E-state index in [4.69, 9.17) is 30.7 Å². The Morgan fingerprint density at radius 2 is 1.97 bits per heavy atom. The van der Waals surface area contributed by atoms with Crippen LogP contribution in [0.25, 0.3) is 10.8 Å². The van der Waals surface area contributed by atoms with Gasteiger partial charge < -0.3 is 24.2 Å². The van der Waals surface area contributed by atoms with Crippen molar-refractivity contribution < 1.29 is 38.1 Å². The molecular formula is C26H31N2O9PS. The maximum absolute atomic E-state index is 14.1. The number of carbonyl (C=O) groups excluding carboxylic acids is 1. The second kappa shape index (κ2) is 11.7. The van der Waals surface area contributed by atoms with Crippen LogP contribution in [0.5, 0.6) is 5.75 Å². The lowest BCUT2D eigenvalue weighted by molar-refractivity contribution is -0.146. The van der Waals surface area contributed by atoms with Crippen LogP contribution in [0.2, 0.25) is 0 Å². The lowest BCUT2D eigenvalue weighted by Gasteiger charge is -2.28. The molecule has 6 atom stereocenters. The third kappa shape index (κ3) is 6.32. The molecule has 39 heavy (non-hydrogen) atoms. The molecule has 1 fully saturated rings. The third-order valence-electron chi connectivity index (χ3n) is 6.47. The predicted molar refractivity (Wildman–Crippen MR) is 145 cm³/mol. The van der Waals surface area contributed by atoms with E-state index in [0.29, 0.717) is 11.1 Å². The molecule has 2 aromatic carbocycles. The van der Waals surface area contributed by atoms with E-state index in [1.807, 2.05) is 30.3 Å². The molecule has 4 rings (SSSR count). The normalized spacial score (nSPS) is 25.2. The summed E-state index contributed by atoms with van der Waals surface area (Å²) in [6.45, 7) is 4.29. The van der Waals surface area contributed by atoms with Gasteiger partial charge in [0.2, 0.25) is 0 Å². The average molecular weight is 579 g/mol. The fraction of sp³-hybridized carbons (Fsp3) is 0.423. The molecule has 1 aromatic heterocycles. The summed E-state index contributed by atoms with van der Waals surface area (Å²) < 4.78 is 38.1. The second-order valence-corrected chi connectivity index (χ2v) is 11.9. The Morgan fingerprint density at radius 3 is 2.69 bits per heavy atom. The number of nitrogens with zero attached hydrogens (tertiary/aromatic N) is 1. The van der Waals surface area contributed by atoms with E-state index in [1.54, 1.807) is 26.0 Å². The van der Waals surface area contributed by atoms with Crippen molar-refractivity contribution in [2.24, 2.45) is 5.92 Å². The Balaban J connectivity index is 1.60. The summed E-state index contributed by atoms with van der Waals surface area (Å²) in [6.07, 6.45) is -2.78. The Hall–Kier alpha value is -2.86. The van der Waals surface area contributed by atoms with Crippen molar-refractivity contribution in [1.82, 2.24) is 9.55 Å². The molecule has 1 unspecified atom stereocenters. The summed E-state index contributed by atoms with van der Waals surface area (Å²) in [7, 11) is -4.06. The molecule has 11 nitrogen and oxygen atoms in total. The first kappa shape index (κ1) is 29.1. The van der Waals surface area contributed by atoms with Crippen LogP contribution in [0, 0.1) is 10.7 Å². The van der Waals surface area contributed by atoms with Crippen molar-refractivity contribution in [2.45, 2.75) is 44.8 Å². The molecule has 0 aliphatic carbocycles. The lowest BCUT2D eigenvalue weighted by Crippen LogP contribution is -2.44. The molecule has 1 aliphatic heterocycles. The molecule has 3 N–H and O–H groups in total. The summed E-state index contributed by atoms with van der Waals surface area (Å²) in [6, 6.07) is 13.8. The molecular weight excluding hydrogens is 547 g/mol. The Labute approximate surface area is 229 Å². The van der Waals surface area contributed by atoms with Crippen molar-refractivity contribution >= 4 is 36.6 Å². The summed E-state index contributed by atoms with van der Waals surface area (Å²) in [5.74, 6) is -1.09. The maximum atomic E-state index is 14.1. The van der Waals surface area contributed by atoms with Gasteiger partial charge in [0.15, 0.2) is 11.0 Å². The van der Waals surface area contributed by atoms with Gasteiger partial charge in [0.1, 0.15) is 23.6 Å². The third-order valence-corrected chi connectivity index (χ3v) is 8.79. The van der Waals surface area contributed by atoms with E-state index in [-0.39, 0.29) is 17.5 Å². The van der Waals surface area contributed by atoms with Crippen molar-refractivity contribution in [2.75, 3.05) is 19.4 Å².